The van der Waals surface area contributed by atoms with Gasteiger partial charge in [-0.15, -0.1) is 0 Å². The zero-order valence-electron chi connectivity index (χ0n) is 11.8. The Morgan fingerprint density at radius 2 is 2.11 bits per heavy atom. The number of rotatable bonds is 7. The van der Waals surface area contributed by atoms with Crippen LogP contribution in [0.15, 0.2) is 24.3 Å². The summed E-state index contributed by atoms with van der Waals surface area (Å²) >= 11 is 0. The molecule has 1 N–H and O–H groups in total. The number of hydrogen-bond donors (Lipinski definition) is 1. The Morgan fingerprint density at radius 3 is 2.74 bits per heavy atom. The standard InChI is InChI=1S/C16H22N2O/c1-13(2)16(7-8-16)12-18-11-14-5-3-4-6-15(14)19-10-9-17/h3-6,13,18H,7-8,10-12H2,1-2H3. The van der Waals surface area contributed by atoms with Crippen LogP contribution < -0.4 is 10.1 Å². The van der Waals surface area contributed by atoms with Crippen molar-refractivity contribution in [3.05, 3.63) is 29.8 Å². The average Bonchev–Trinajstić information content (AvgIpc) is 3.19. The van der Waals surface area contributed by atoms with Crippen molar-refractivity contribution in [2.24, 2.45) is 11.3 Å². The molecule has 2 rings (SSSR count). The minimum Gasteiger partial charge on any atom is -0.478 e. The fourth-order valence-electron chi connectivity index (χ4n) is 2.47. The SMILES string of the molecule is CC(C)C1(CNCc2ccccc2OCC#N)CC1. The molecule has 0 amide bonds. The smallest absolute Gasteiger partial charge is 0.174 e. The Kier molecular flexibility index (Phi) is 4.44. The van der Waals surface area contributed by atoms with Crippen molar-refractivity contribution >= 4 is 0 Å². The molecule has 3 heteroatoms. The minimum atomic E-state index is 0.104. The number of ether oxygens (including phenoxy) is 1. The first-order valence-corrected chi connectivity index (χ1v) is 6.96. The van der Waals surface area contributed by atoms with Crippen molar-refractivity contribution < 1.29 is 4.74 Å². The van der Waals surface area contributed by atoms with Gasteiger partial charge in [-0.3, -0.25) is 0 Å². The van der Waals surface area contributed by atoms with E-state index in [4.69, 9.17) is 10.00 Å². The van der Waals surface area contributed by atoms with Crippen LogP contribution in [0.3, 0.4) is 0 Å². The molecular weight excluding hydrogens is 236 g/mol. The number of para-hydroxylation sites is 1. The summed E-state index contributed by atoms with van der Waals surface area (Å²) in [5.74, 6) is 1.55. The van der Waals surface area contributed by atoms with Crippen LogP contribution in [-0.2, 0) is 6.54 Å². The van der Waals surface area contributed by atoms with Gasteiger partial charge in [0.2, 0.25) is 0 Å². The molecule has 1 aromatic carbocycles. The van der Waals surface area contributed by atoms with Crippen molar-refractivity contribution in [1.29, 1.82) is 5.26 Å². The molecule has 0 saturated heterocycles. The van der Waals surface area contributed by atoms with Gasteiger partial charge in [0, 0.05) is 18.7 Å². The van der Waals surface area contributed by atoms with E-state index in [0.29, 0.717) is 5.41 Å². The maximum absolute atomic E-state index is 8.58. The summed E-state index contributed by atoms with van der Waals surface area (Å²) in [4.78, 5) is 0. The van der Waals surface area contributed by atoms with Crippen LogP contribution >= 0.6 is 0 Å². The molecule has 19 heavy (non-hydrogen) atoms. The highest BCUT2D eigenvalue weighted by Gasteiger charge is 2.44. The molecule has 0 spiro atoms. The van der Waals surface area contributed by atoms with Crippen LogP contribution in [0.4, 0.5) is 0 Å². The summed E-state index contributed by atoms with van der Waals surface area (Å²) in [6.07, 6.45) is 2.68. The van der Waals surface area contributed by atoms with Gasteiger partial charge in [0.25, 0.3) is 0 Å². The third-order valence-corrected chi connectivity index (χ3v) is 4.17. The van der Waals surface area contributed by atoms with Crippen LogP contribution in [0.1, 0.15) is 32.3 Å². The second kappa shape index (κ2) is 6.08. The molecule has 1 aliphatic carbocycles. The molecule has 0 aromatic heterocycles. The Labute approximate surface area is 115 Å². The number of nitriles is 1. The Hall–Kier alpha value is -1.53. The minimum absolute atomic E-state index is 0.104. The lowest BCUT2D eigenvalue weighted by Gasteiger charge is -2.20. The summed E-state index contributed by atoms with van der Waals surface area (Å²) in [6.45, 7) is 6.58. The van der Waals surface area contributed by atoms with Gasteiger partial charge < -0.3 is 10.1 Å². The first-order chi connectivity index (χ1) is 9.18. The summed E-state index contributed by atoms with van der Waals surface area (Å²) in [7, 11) is 0. The normalized spacial score (nSPS) is 16.1. The molecule has 102 valence electrons. The van der Waals surface area contributed by atoms with Crippen molar-refractivity contribution in [3.63, 3.8) is 0 Å². The lowest BCUT2D eigenvalue weighted by atomic mass is 9.92. The fraction of sp³-hybridized carbons (Fsp3) is 0.562. The highest BCUT2D eigenvalue weighted by atomic mass is 16.5. The van der Waals surface area contributed by atoms with Gasteiger partial charge in [-0.25, -0.2) is 0 Å². The van der Waals surface area contributed by atoms with E-state index in [-0.39, 0.29) is 6.61 Å². The van der Waals surface area contributed by atoms with Crippen molar-refractivity contribution in [2.45, 2.75) is 33.2 Å². The average molecular weight is 258 g/mol. The third kappa shape index (κ3) is 3.48. The number of hydrogen-bond acceptors (Lipinski definition) is 3. The molecule has 3 nitrogen and oxygen atoms in total. The van der Waals surface area contributed by atoms with E-state index in [1.165, 1.54) is 12.8 Å². The van der Waals surface area contributed by atoms with Crippen molar-refractivity contribution in [1.82, 2.24) is 5.32 Å². The lowest BCUT2D eigenvalue weighted by Crippen LogP contribution is -2.27. The van der Waals surface area contributed by atoms with E-state index in [0.717, 1.165) is 30.3 Å². The topological polar surface area (TPSA) is 45.0 Å². The Balaban J connectivity index is 1.87. The molecule has 1 aromatic rings. The number of benzene rings is 1. The first-order valence-electron chi connectivity index (χ1n) is 6.96. The summed E-state index contributed by atoms with van der Waals surface area (Å²) in [6, 6.07) is 9.92. The van der Waals surface area contributed by atoms with Crippen LogP contribution in [-0.4, -0.2) is 13.2 Å². The van der Waals surface area contributed by atoms with Gasteiger partial charge in [-0.05, 0) is 30.2 Å². The second-order valence-electron chi connectivity index (χ2n) is 5.68. The third-order valence-electron chi connectivity index (χ3n) is 4.17. The maximum Gasteiger partial charge on any atom is 0.174 e. The second-order valence-corrected chi connectivity index (χ2v) is 5.68. The molecular formula is C16H22N2O. The van der Waals surface area contributed by atoms with Gasteiger partial charge in [-0.1, -0.05) is 32.0 Å². The zero-order valence-corrected chi connectivity index (χ0v) is 11.8. The van der Waals surface area contributed by atoms with Crippen LogP contribution in [0, 0.1) is 22.7 Å². The van der Waals surface area contributed by atoms with Gasteiger partial charge >= 0.3 is 0 Å². The van der Waals surface area contributed by atoms with Crippen molar-refractivity contribution in [2.75, 3.05) is 13.2 Å². The summed E-state index contributed by atoms with van der Waals surface area (Å²) in [5.41, 5.74) is 1.64. The molecule has 1 saturated carbocycles. The van der Waals surface area contributed by atoms with Gasteiger partial charge in [0.1, 0.15) is 11.8 Å². The number of nitrogens with zero attached hydrogens (tertiary/aromatic N) is 1. The first kappa shape index (κ1) is 13.9. The quantitative estimate of drug-likeness (QED) is 0.817. The van der Waals surface area contributed by atoms with Gasteiger partial charge in [0.05, 0.1) is 0 Å². The Morgan fingerprint density at radius 1 is 1.37 bits per heavy atom. The van der Waals surface area contributed by atoms with Crippen LogP contribution in [0.25, 0.3) is 0 Å². The van der Waals surface area contributed by atoms with Gasteiger partial charge in [0.15, 0.2) is 6.61 Å². The molecule has 0 heterocycles. The largest absolute Gasteiger partial charge is 0.478 e. The lowest BCUT2D eigenvalue weighted by molar-refractivity contribution is 0.333. The van der Waals surface area contributed by atoms with E-state index in [1.54, 1.807) is 0 Å². The van der Waals surface area contributed by atoms with Crippen LogP contribution in [0.5, 0.6) is 5.75 Å². The van der Waals surface area contributed by atoms with Crippen LogP contribution in [0.2, 0.25) is 0 Å². The molecule has 0 unspecified atom stereocenters. The van der Waals surface area contributed by atoms with E-state index < -0.39 is 0 Å². The van der Waals surface area contributed by atoms with Gasteiger partial charge in [-0.2, -0.15) is 5.26 Å². The fourth-order valence-corrected chi connectivity index (χ4v) is 2.47. The molecule has 0 radical (unpaired) electrons. The van der Waals surface area contributed by atoms with Crippen molar-refractivity contribution in [3.8, 4) is 11.8 Å². The predicted molar refractivity (Wildman–Crippen MR) is 75.8 cm³/mol. The molecule has 1 aliphatic rings. The Bertz CT molecular complexity index is 458. The van der Waals surface area contributed by atoms with E-state index in [1.807, 2.05) is 24.3 Å². The highest BCUT2D eigenvalue weighted by molar-refractivity contribution is 5.33. The number of nitrogens with one attached hydrogen (secondary N) is 1. The monoisotopic (exact) mass is 258 g/mol. The summed E-state index contributed by atoms with van der Waals surface area (Å²) < 4.78 is 5.43. The van der Waals surface area contributed by atoms with E-state index >= 15 is 0 Å². The summed E-state index contributed by atoms with van der Waals surface area (Å²) in [5, 5.41) is 12.1. The maximum atomic E-state index is 8.58. The molecule has 1 fully saturated rings. The predicted octanol–water partition coefficient (Wildman–Crippen LogP) is 3.11. The highest BCUT2D eigenvalue weighted by Crippen LogP contribution is 2.51. The van der Waals surface area contributed by atoms with E-state index in [2.05, 4.69) is 25.2 Å². The molecule has 0 atom stereocenters. The molecule has 0 bridgehead atoms. The molecule has 0 aliphatic heterocycles. The van der Waals surface area contributed by atoms with E-state index in [9.17, 15) is 0 Å². The zero-order chi connectivity index (χ0) is 13.7.